The quantitative estimate of drug-likeness (QED) is 0.916. The molecular formula is C18H24N4O2. The van der Waals surface area contributed by atoms with Gasteiger partial charge in [-0.3, -0.25) is 14.5 Å². The van der Waals surface area contributed by atoms with Crippen LogP contribution in [0, 0.1) is 5.92 Å². The predicted molar refractivity (Wildman–Crippen MR) is 91.6 cm³/mol. The highest BCUT2D eigenvalue weighted by Gasteiger charge is 2.34. The van der Waals surface area contributed by atoms with Crippen LogP contribution in [0.15, 0.2) is 30.9 Å². The standard InChI is InChI=1S/C18H24N4O2/c1-3-13-10-19-8-7-16(13)21-18(23)15-6-5-9-24-17(15)14-11-20-22(4-2)12-14/h7-8,10-12,15,17H,3-6,9H2,1-2H3,(H,19,21,23)/t15-,17+/m1/s1. The van der Waals surface area contributed by atoms with Gasteiger partial charge >= 0.3 is 0 Å². The zero-order valence-electron chi connectivity index (χ0n) is 14.2. The number of carbonyl (C=O) groups excluding carboxylic acids is 1. The largest absolute Gasteiger partial charge is 0.373 e. The monoisotopic (exact) mass is 328 g/mol. The van der Waals surface area contributed by atoms with E-state index in [-0.39, 0.29) is 17.9 Å². The number of nitrogens with zero attached hydrogens (tertiary/aromatic N) is 3. The Hall–Kier alpha value is -2.21. The van der Waals surface area contributed by atoms with Crippen molar-refractivity contribution in [3.05, 3.63) is 42.0 Å². The smallest absolute Gasteiger partial charge is 0.230 e. The number of nitrogens with one attached hydrogen (secondary N) is 1. The number of ether oxygens (including phenoxy) is 1. The summed E-state index contributed by atoms with van der Waals surface area (Å²) in [5, 5.41) is 7.38. The molecule has 6 nitrogen and oxygen atoms in total. The first-order chi connectivity index (χ1) is 11.7. The molecule has 1 amide bonds. The van der Waals surface area contributed by atoms with Crippen LogP contribution in [0.3, 0.4) is 0 Å². The summed E-state index contributed by atoms with van der Waals surface area (Å²) in [4.78, 5) is 17.0. The van der Waals surface area contributed by atoms with Crippen molar-refractivity contribution < 1.29 is 9.53 Å². The van der Waals surface area contributed by atoms with Crippen LogP contribution < -0.4 is 5.32 Å². The van der Waals surface area contributed by atoms with E-state index in [1.54, 1.807) is 12.4 Å². The first-order valence-electron chi connectivity index (χ1n) is 8.60. The highest BCUT2D eigenvalue weighted by Crippen LogP contribution is 2.34. The molecular weight excluding hydrogens is 304 g/mol. The van der Waals surface area contributed by atoms with Crippen molar-refractivity contribution >= 4 is 11.6 Å². The first kappa shape index (κ1) is 16.6. The Bertz CT molecular complexity index is 698. The molecule has 1 fully saturated rings. The SMILES string of the molecule is CCc1cnccc1NC(=O)[C@@H]1CCCO[C@H]1c1cnn(CC)c1. The van der Waals surface area contributed by atoms with Gasteiger partial charge in [0, 0.05) is 43.0 Å². The topological polar surface area (TPSA) is 69.0 Å². The number of aromatic nitrogens is 3. The third-order valence-electron chi connectivity index (χ3n) is 4.51. The highest BCUT2D eigenvalue weighted by atomic mass is 16.5. The van der Waals surface area contributed by atoms with Gasteiger partial charge in [0.25, 0.3) is 0 Å². The van der Waals surface area contributed by atoms with E-state index in [0.29, 0.717) is 6.61 Å². The van der Waals surface area contributed by atoms with Crippen LogP contribution >= 0.6 is 0 Å². The van der Waals surface area contributed by atoms with Crippen LogP contribution in [0.2, 0.25) is 0 Å². The molecule has 0 radical (unpaired) electrons. The second-order valence-electron chi connectivity index (χ2n) is 6.05. The van der Waals surface area contributed by atoms with Crippen molar-refractivity contribution in [3.63, 3.8) is 0 Å². The molecule has 2 aromatic heterocycles. The lowest BCUT2D eigenvalue weighted by molar-refractivity contribution is -0.129. The van der Waals surface area contributed by atoms with Crippen LogP contribution in [0.1, 0.15) is 43.9 Å². The predicted octanol–water partition coefficient (Wildman–Crippen LogP) is 2.97. The molecule has 1 aliphatic rings. The van der Waals surface area contributed by atoms with Crippen molar-refractivity contribution in [2.75, 3.05) is 11.9 Å². The zero-order valence-corrected chi connectivity index (χ0v) is 14.2. The number of amides is 1. The number of pyridine rings is 1. The summed E-state index contributed by atoms with van der Waals surface area (Å²) >= 11 is 0. The van der Waals surface area contributed by atoms with Crippen molar-refractivity contribution in [2.24, 2.45) is 5.92 Å². The molecule has 128 valence electrons. The minimum Gasteiger partial charge on any atom is -0.373 e. The average molecular weight is 328 g/mol. The Balaban J connectivity index is 1.78. The number of hydrogen-bond donors (Lipinski definition) is 1. The summed E-state index contributed by atoms with van der Waals surface area (Å²) in [6, 6.07) is 1.85. The molecule has 1 saturated heterocycles. The second-order valence-corrected chi connectivity index (χ2v) is 6.05. The molecule has 1 aliphatic heterocycles. The molecule has 0 aromatic carbocycles. The van der Waals surface area contributed by atoms with Gasteiger partial charge < -0.3 is 10.1 Å². The van der Waals surface area contributed by atoms with Gasteiger partial charge in [0.15, 0.2) is 0 Å². The minimum atomic E-state index is -0.231. The van der Waals surface area contributed by atoms with Gasteiger partial charge in [-0.1, -0.05) is 6.92 Å². The van der Waals surface area contributed by atoms with Gasteiger partial charge in [0.1, 0.15) is 0 Å². The second kappa shape index (κ2) is 7.57. The number of aryl methyl sites for hydroxylation is 2. The number of anilines is 1. The lowest BCUT2D eigenvalue weighted by Crippen LogP contribution is -2.33. The Kier molecular flexibility index (Phi) is 5.25. The summed E-state index contributed by atoms with van der Waals surface area (Å²) in [5.41, 5.74) is 2.85. The lowest BCUT2D eigenvalue weighted by Gasteiger charge is -2.30. The molecule has 0 unspecified atom stereocenters. The van der Waals surface area contributed by atoms with Gasteiger partial charge in [-0.05, 0) is 37.8 Å². The van der Waals surface area contributed by atoms with E-state index in [4.69, 9.17) is 4.74 Å². The maximum absolute atomic E-state index is 12.9. The van der Waals surface area contributed by atoms with Crippen LogP contribution in [-0.2, 0) is 22.5 Å². The third kappa shape index (κ3) is 3.48. The van der Waals surface area contributed by atoms with Crippen LogP contribution in [-0.4, -0.2) is 27.3 Å². The Morgan fingerprint density at radius 1 is 1.42 bits per heavy atom. The van der Waals surface area contributed by atoms with Gasteiger partial charge in [-0.15, -0.1) is 0 Å². The van der Waals surface area contributed by atoms with Gasteiger partial charge in [0.05, 0.1) is 18.2 Å². The Morgan fingerprint density at radius 2 is 2.29 bits per heavy atom. The van der Waals surface area contributed by atoms with Crippen LogP contribution in [0.25, 0.3) is 0 Å². The number of hydrogen-bond acceptors (Lipinski definition) is 4. The van der Waals surface area contributed by atoms with Crippen LogP contribution in [0.4, 0.5) is 5.69 Å². The molecule has 0 spiro atoms. The van der Waals surface area contributed by atoms with E-state index in [0.717, 1.165) is 42.6 Å². The van der Waals surface area contributed by atoms with E-state index in [1.807, 2.05) is 30.1 Å². The van der Waals surface area contributed by atoms with Crippen molar-refractivity contribution in [1.29, 1.82) is 0 Å². The van der Waals surface area contributed by atoms with Gasteiger partial charge in [-0.25, -0.2) is 0 Å². The summed E-state index contributed by atoms with van der Waals surface area (Å²) in [6.07, 6.45) is 9.60. The number of rotatable bonds is 5. The highest BCUT2D eigenvalue weighted by molar-refractivity contribution is 5.93. The van der Waals surface area contributed by atoms with Crippen molar-refractivity contribution in [2.45, 2.75) is 45.8 Å². The van der Waals surface area contributed by atoms with E-state index < -0.39 is 0 Å². The van der Waals surface area contributed by atoms with Gasteiger partial charge in [0.2, 0.25) is 5.91 Å². The molecule has 6 heteroatoms. The van der Waals surface area contributed by atoms with Crippen LogP contribution in [0.5, 0.6) is 0 Å². The zero-order chi connectivity index (χ0) is 16.9. The Labute approximate surface area is 142 Å². The van der Waals surface area contributed by atoms with E-state index in [1.165, 1.54) is 0 Å². The maximum atomic E-state index is 12.9. The van der Waals surface area contributed by atoms with Gasteiger partial charge in [-0.2, -0.15) is 5.10 Å². The maximum Gasteiger partial charge on any atom is 0.230 e. The fraction of sp³-hybridized carbons (Fsp3) is 0.500. The molecule has 0 saturated carbocycles. The summed E-state index contributed by atoms with van der Waals surface area (Å²) in [7, 11) is 0. The normalized spacial score (nSPS) is 20.8. The third-order valence-corrected chi connectivity index (χ3v) is 4.51. The molecule has 3 heterocycles. The molecule has 1 N–H and O–H groups in total. The molecule has 0 bridgehead atoms. The molecule has 2 atom stereocenters. The van der Waals surface area contributed by atoms with E-state index in [2.05, 4.69) is 22.3 Å². The Morgan fingerprint density at radius 3 is 3.04 bits per heavy atom. The minimum absolute atomic E-state index is 0.00449. The molecule has 2 aromatic rings. The van der Waals surface area contributed by atoms with E-state index in [9.17, 15) is 4.79 Å². The summed E-state index contributed by atoms with van der Waals surface area (Å²) in [5.74, 6) is -0.198. The molecule has 0 aliphatic carbocycles. The summed E-state index contributed by atoms with van der Waals surface area (Å²) < 4.78 is 7.78. The van der Waals surface area contributed by atoms with Crippen molar-refractivity contribution in [3.8, 4) is 0 Å². The first-order valence-corrected chi connectivity index (χ1v) is 8.60. The molecule has 3 rings (SSSR count). The number of carbonyl (C=O) groups is 1. The molecule has 24 heavy (non-hydrogen) atoms. The van der Waals surface area contributed by atoms with E-state index >= 15 is 0 Å². The lowest BCUT2D eigenvalue weighted by atomic mass is 9.90. The fourth-order valence-electron chi connectivity index (χ4n) is 3.13. The fourth-order valence-corrected chi connectivity index (χ4v) is 3.13. The van der Waals surface area contributed by atoms with Crippen molar-refractivity contribution in [1.82, 2.24) is 14.8 Å². The summed E-state index contributed by atoms with van der Waals surface area (Å²) in [6.45, 7) is 5.58. The average Bonchev–Trinajstić information content (AvgIpc) is 3.11.